The van der Waals surface area contributed by atoms with Gasteiger partial charge in [0.2, 0.25) is 11.9 Å². The Labute approximate surface area is 915 Å². The minimum absolute atomic E-state index is 0.642. The van der Waals surface area contributed by atoms with Crippen LogP contribution in [0.2, 0.25) is 0 Å². The topological polar surface area (TPSA) is 62.7 Å². The quantitative estimate of drug-likeness (QED) is 0.0431. The SMILES string of the molecule is CCCCCCCCCCCCCCCCCCCCc1cc(Nc2nc(Nc3cc(CCCCCCCCCCCCCCCCCCCC)c(CCCCCCCCCCCCCCCCCCCC)c(CCCCCCCCCCCCCCCCCCCC)c3)nc(-c3cc[c]cc3)n2)cc(CCCCCCCCCCCCCCCCCCCC)c1CCCCCCCCCCCCCCCCCCCC. The number of unbranched alkanes of at least 4 members (excludes halogenated alkanes) is 102. The third-order valence-electron chi connectivity index (χ3n) is 33.8. The van der Waals surface area contributed by atoms with E-state index in [2.05, 4.69) is 94.6 Å². The summed E-state index contributed by atoms with van der Waals surface area (Å²) in [6, 6.07) is 22.1. The average molecular weight is 2020 g/mol. The Hall–Kier alpha value is -3.73. The molecule has 845 valence electrons. The summed E-state index contributed by atoms with van der Waals surface area (Å²) in [6.07, 6.45) is 160. The van der Waals surface area contributed by atoms with Gasteiger partial charge in [0.1, 0.15) is 0 Å². The lowest BCUT2D eigenvalue weighted by Gasteiger charge is -2.20. The van der Waals surface area contributed by atoms with Gasteiger partial charge in [-0.2, -0.15) is 15.0 Å². The number of hydrogen-bond acceptors (Lipinski definition) is 5. The summed E-state index contributed by atoms with van der Waals surface area (Å²) in [5.74, 6) is 2.00. The fourth-order valence-corrected chi connectivity index (χ4v) is 24.0. The molecule has 0 aliphatic rings. The standard InChI is InChI=1S/C141H256N5/c1-7-13-19-25-31-37-43-49-55-61-67-73-79-85-91-97-103-110-120-131-126-135(127-132(121-111-104-98-92-86-80-74-68-62-56-50-44-38-32-26-20-14-8-2)137(131)124-116-107-101-95-89-83-77-71-65-59-53-47-41-35-29-23-17-11-5)142-140-144-139(130-118-114-109-115-119-130)145-141(146-140)143-136-128-133(122-112-105-99-93-87-81-75-69-63-57-51-45-39-33-27-21-15-9-3)138(125-117-108-102-96-90-84-78-72-66-60-54-48-42-36-30-24-18-12-6)134(129-136)123-113-106-100-94-88-82-76-70-64-58-52-46-40-34-28-22-16-10-4/h114-115,118-119,126-129H,7-108,110-113,116-117,120-125H2,1-6H3,(H2,142,143,144,145,146). The maximum Gasteiger partial charge on any atom is 0.232 e. The van der Waals surface area contributed by atoms with Gasteiger partial charge in [0.25, 0.3) is 0 Å². The van der Waals surface area contributed by atoms with Crippen molar-refractivity contribution in [2.24, 2.45) is 0 Å². The Bertz CT molecular complexity index is 2960. The number of nitrogens with zero attached hydrogens (tertiary/aromatic N) is 3. The molecule has 0 aliphatic heterocycles. The smallest absolute Gasteiger partial charge is 0.232 e. The molecule has 0 saturated heterocycles. The minimum Gasteiger partial charge on any atom is -0.324 e. The second kappa shape index (κ2) is 108. The molecule has 4 rings (SSSR count). The monoisotopic (exact) mass is 2020 g/mol. The number of benzene rings is 3. The van der Waals surface area contributed by atoms with E-state index in [4.69, 9.17) is 15.0 Å². The lowest BCUT2D eigenvalue weighted by atomic mass is 9.89. The van der Waals surface area contributed by atoms with E-state index in [0.29, 0.717) is 17.7 Å². The van der Waals surface area contributed by atoms with Gasteiger partial charge in [-0.1, -0.05) is 721 Å². The maximum absolute atomic E-state index is 5.53. The lowest BCUT2D eigenvalue weighted by molar-refractivity contribution is 0.523. The largest absolute Gasteiger partial charge is 0.324 e. The van der Waals surface area contributed by atoms with Crippen LogP contribution in [0.4, 0.5) is 23.3 Å². The van der Waals surface area contributed by atoms with E-state index in [1.165, 1.54) is 706 Å². The molecule has 0 saturated carbocycles. The Morgan fingerprint density at radius 3 is 0.432 bits per heavy atom. The molecule has 0 atom stereocenters. The van der Waals surface area contributed by atoms with Crippen molar-refractivity contribution < 1.29 is 0 Å². The van der Waals surface area contributed by atoms with Crippen molar-refractivity contribution in [1.82, 2.24) is 15.0 Å². The van der Waals surface area contributed by atoms with E-state index in [9.17, 15) is 0 Å². The zero-order valence-electron chi connectivity index (χ0n) is 100. The summed E-state index contributed by atoms with van der Waals surface area (Å²) in [4.78, 5) is 16.4. The first-order valence-electron chi connectivity index (χ1n) is 68.1. The highest BCUT2D eigenvalue weighted by Crippen LogP contribution is 2.35. The van der Waals surface area contributed by atoms with Crippen LogP contribution in [0.15, 0.2) is 48.5 Å². The summed E-state index contributed by atoms with van der Waals surface area (Å²) in [5.41, 5.74) is 13.1. The molecular weight excluding hydrogens is 1760 g/mol. The third kappa shape index (κ3) is 83.7. The number of hydrogen-bond donors (Lipinski definition) is 2. The molecule has 5 nitrogen and oxygen atoms in total. The first-order chi connectivity index (χ1) is 72.5. The predicted molar refractivity (Wildman–Crippen MR) is 658 cm³/mol. The molecule has 4 aromatic rings. The van der Waals surface area contributed by atoms with E-state index in [1.807, 2.05) is 12.1 Å². The molecule has 0 amide bonds. The van der Waals surface area contributed by atoms with Gasteiger partial charge in [-0.15, -0.1) is 0 Å². The van der Waals surface area contributed by atoms with Crippen molar-refractivity contribution in [3.8, 4) is 11.4 Å². The van der Waals surface area contributed by atoms with Gasteiger partial charge >= 0.3 is 0 Å². The van der Waals surface area contributed by atoms with Crippen molar-refractivity contribution >= 4 is 23.3 Å². The van der Waals surface area contributed by atoms with Crippen molar-refractivity contribution in [3.05, 3.63) is 88.0 Å². The van der Waals surface area contributed by atoms with Gasteiger partial charge in [-0.3, -0.25) is 0 Å². The molecule has 1 aromatic heterocycles. The highest BCUT2D eigenvalue weighted by Gasteiger charge is 2.19. The molecule has 2 N–H and O–H groups in total. The van der Waals surface area contributed by atoms with Crippen LogP contribution in [-0.4, -0.2) is 15.0 Å². The van der Waals surface area contributed by atoms with E-state index < -0.39 is 0 Å². The maximum atomic E-state index is 5.53. The van der Waals surface area contributed by atoms with Crippen LogP contribution in [0.25, 0.3) is 11.4 Å². The summed E-state index contributed by atoms with van der Waals surface area (Å²) < 4.78 is 0. The fraction of sp³-hybridized carbons (Fsp3) is 0.851. The summed E-state index contributed by atoms with van der Waals surface area (Å²) in [7, 11) is 0. The van der Waals surface area contributed by atoms with Crippen LogP contribution in [0.1, 0.15) is 768 Å². The highest BCUT2D eigenvalue weighted by atomic mass is 15.2. The molecule has 1 heterocycles. The van der Waals surface area contributed by atoms with Crippen molar-refractivity contribution in [1.29, 1.82) is 0 Å². The van der Waals surface area contributed by atoms with Gasteiger partial charge in [0, 0.05) is 16.9 Å². The second-order valence-corrected chi connectivity index (χ2v) is 48.0. The minimum atomic E-state index is 0.642. The predicted octanol–water partition coefficient (Wildman–Crippen LogP) is 50.3. The number of anilines is 4. The van der Waals surface area contributed by atoms with E-state index >= 15 is 0 Å². The average Bonchev–Trinajstić information content (AvgIpc) is 0.801. The molecular formula is C141H256N5. The number of aryl methyl sites for hydroxylation is 4. The lowest BCUT2D eigenvalue weighted by Crippen LogP contribution is -2.09. The van der Waals surface area contributed by atoms with Crippen LogP contribution in [0.5, 0.6) is 0 Å². The van der Waals surface area contributed by atoms with Gasteiger partial charge in [-0.05, 0) is 141 Å². The Morgan fingerprint density at radius 2 is 0.288 bits per heavy atom. The van der Waals surface area contributed by atoms with Gasteiger partial charge in [0.15, 0.2) is 5.82 Å². The first kappa shape index (κ1) is 135. The third-order valence-corrected chi connectivity index (χ3v) is 33.8. The Balaban J connectivity index is 1.66. The van der Waals surface area contributed by atoms with Crippen LogP contribution in [0, 0.1) is 6.07 Å². The van der Waals surface area contributed by atoms with E-state index in [-0.39, 0.29) is 0 Å². The Kier molecular flexibility index (Phi) is 99.7. The van der Waals surface area contributed by atoms with Crippen molar-refractivity contribution in [3.63, 3.8) is 0 Å². The highest BCUT2D eigenvalue weighted by molar-refractivity contribution is 5.66. The van der Waals surface area contributed by atoms with Gasteiger partial charge < -0.3 is 10.6 Å². The summed E-state index contributed by atoms with van der Waals surface area (Å²) in [5, 5.41) is 8.07. The fourth-order valence-electron chi connectivity index (χ4n) is 24.0. The molecule has 0 fully saturated rings. The summed E-state index contributed by atoms with van der Waals surface area (Å²) >= 11 is 0. The molecule has 5 heteroatoms. The molecule has 3 aromatic carbocycles. The molecule has 0 unspecified atom stereocenters. The molecule has 0 spiro atoms. The normalized spacial score (nSPS) is 11.7. The van der Waals surface area contributed by atoms with Crippen LogP contribution < -0.4 is 10.6 Å². The molecule has 1 radical (unpaired) electrons. The molecule has 146 heavy (non-hydrogen) atoms. The van der Waals surface area contributed by atoms with Crippen LogP contribution in [-0.2, 0) is 38.5 Å². The van der Waals surface area contributed by atoms with Crippen LogP contribution >= 0.6 is 0 Å². The summed E-state index contributed by atoms with van der Waals surface area (Å²) in [6.45, 7) is 14.0. The second-order valence-electron chi connectivity index (χ2n) is 48.0. The van der Waals surface area contributed by atoms with Gasteiger partial charge in [0.05, 0.1) is 0 Å². The van der Waals surface area contributed by atoms with Crippen molar-refractivity contribution in [2.45, 2.75) is 774 Å². The number of rotatable bonds is 119. The number of nitrogens with one attached hydrogen (secondary N) is 2. The molecule has 0 bridgehead atoms. The first-order valence-corrected chi connectivity index (χ1v) is 68.1. The van der Waals surface area contributed by atoms with E-state index in [0.717, 1.165) is 42.6 Å². The van der Waals surface area contributed by atoms with E-state index in [1.54, 1.807) is 33.4 Å². The molecule has 0 aliphatic carbocycles. The van der Waals surface area contributed by atoms with Crippen molar-refractivity contribution in [2.75, 3.05) is 10.6 Å². The zero-order valence-corrected chi connectivity index (χ0v) is 100. The van der Waals surface area contributed by atoms with Crippen LogP contribution in [0.3, 0.4) is 0 Å². The Morgan fingerprint density at radius 1 is 0.158 bits per heavy atom. The van der Waals surface area contributed by atoms with Gasteiger partial charge in [-0.25, -0.2) is 0 Å². The zero-order chi connectivity index (χ0) is 103. The number of aromatic nitrogens is 3.